The first-order valence-corrected chi connectivity index (χ1v) is 9.25. The van der Waals surface area contributed by atoms with Crippen molar-refractivity contribution in [2.75, 3.05) is 5.32 Å². The summed E-state index contributed by atoms with van der Waals surface area (Å²) in [5, 5.41) is 10.3. The molecule has 0 radical (unpaired) electrons. The maximum Gasteiger partial charge on any atom is 0.436 e. The summed E-state index contributed by atoms with van der Waals surface area (Å²) in [5.74, 6) is -0.572. The van der Waals surface area contributed by atoms with Gasteiger partial charge in [-0.25, -0.2) is 0 Å². The summed E-state index contributed by atoms with van der Waals surface area (Å²) in [6.07, 6.45) is -3.20. The molecule has 0 atom stereocenters. The van der Waals surface area contributed by atoms with E-state index in [1.54, 1.807) is 12.1 Å². The van der Waals surface area contributed by atoms with Crippen molar-refractivity contribution in [3.63, 3.8) is 0 Å². The monoisotopic (exact) mass is 465 g/mol. The van der Waals surface area contributed by atoms with Crippen molar-refractivity contribution >= 4 is 46.5 Å². The Morgan fingerprint density at radius 2 is 1.79 bits per heavy atom. The molecular formula is C17H13Cl3F3N5O. The molecule has 3 aromatic rings. The average molecular weight is 467 g/mol. The molecular weight excluding hydrogens is 454 g/mol. The predicted octanol–water partition coefficient (Wildman–Crippen LogP) is 5.05. The van der Waals surface area contributed by atoms with Crippen LogP contribution in [-0.2, 0) is 24.1 Å². The highest BCUT2D eigenvalue weighted by atomic mass is 35.5. The highest BCUT2D eigenvalue weighted by molar-refractivity contribution is 6.33. The first-order chi connectivity index (χ1) is 13.5. The number of aromatic nitrogens is 4. The standard InChI is InChI=1S/C17H13Cl3F3N5O/c1-9-14(20)15(17(21,22)23)25-28(9)8-13(29)24-16-12(19)7-27(26-16)6-10-2-4-11(18)5-3-10/h2-5,7H,6,8H2,1H3,(H,24,26,29). The number of nitrogens with zero attached hydrogens (tertiary/aromatic N) is 4. The number of rotatable bonds is 5. The SMILES string of the molecule is Cc1c(Cl)c(C(F)(F)F)nn1CC(=O)Nc1nn(Cc2ccc(Cl)cc2)cc1Cl. The van der Waals surface area contributed by atoms with Crippen LogP contribution >= 0.6 is 34.8 Å². The summed E-state index contributed by atoms with van der Waals surface area (Å²) >= 11 is 17.6. The van der Waals surface area contributed by atoms with Gasteiger partial charge in [-0.05, 0) is 24.6 Å². The predicted molar refractivity (Wildman–Crippen MR) is 103 cm³/mol. The second-order valence-corrected chi connectivity index (χ2v) is 7.32. The topological polar surface area (TPSA) is 64.7 Å². The Morgan fingerprint density at radius 3 is 2.38 bits per heavy atom. The Bertz CT molecular complexity index is 1040. The number of amides is 1. The molecule has 3 rings (SSSR count). The minimum atomic E-state index is -4.71. The minimum absolute atomic E-state index is 0.0218. The zero-order valence-corrected chi connectivity index (χ0v) is 17.0. The van der Waals surface area contributed by atoms with Gasteiger partial charge in [0.05, 0.1) is 17.3 Å². The maximum absolute atomic E-state index is 12.9. The van der Waals surface area contributed by atoms with Crippen molar-refractivity contribution in [1.29, 1.82) is 0 Å². The summed E-state index contributed by atoms with van der Waals surface area (Å²) < 4.78 is 41.0. The van der Waals surface area contributed by atoms with E-state index >= 15 is 0 Å². The molecule has 0 aliphatic carbocycles. The van der Waals surface area contributed by atoms with Gasteiger partial charge in [0.15, 0.2) is 11.5 Å². The fourth-order valence-corrected chi connectivity index (χ4v) is 3.07. The highest BCUT2D eigenvalue weighted by Crippen LogP contribution is 2.35. The fraction of sp³-hybridized carbons (Fsp3) is 0.235. The second-order valence-electron chi connectivity index (χ2n) is 6.10. The molecule has 0 bridgehead atoms. The Kier molecular flexibility index (Phi) is 6.11. The molecule has 1 amide bonds. The lowest BCUT2D eigenvalue weighted by molar-refractivity contribution is -0.141. The molecule has 0 unspecified atom stereocenters. The molecule has 0 aliphatic rings. The van der Waals surface area contributed by atoms with Crippen LogP contribution < -0.4 is 5.32 Å². The van der Waals surface area contributed by atoms with Gasteiger partial charge in [-0.1, -0.05) is 46.9 Å². The smallest absolute Gasteiger partial charge is 0.306 e. The van der Waals surface area contributed by atoms with Crippen LogP contribution in [-0.4, -0.2) is 25.5 Å². The van der Waals surface area contributed by atoms with Gasteiger partial charge in [-0.15, -0.1) is 0 Å². The van der Waals surface area contributed by atoms with Gasteiger partial charge >= 0.3 is 6.18 Å². The van der Waals surface area contributed by atoms with Crippen molar-refractivity contribution in [2.24, 2.45) is 0 Å². The lowest BCUT2D eigenvalue weighted by Crippen LogP contribution is -2.21. The first kappa shape index (κ1) is 21.5. The molecule has 2 aromatic heterocycles. The number of nitrogens with one attached hydrogen (secondary N) is 1. The molecule has 0 saturated carbocycles. The van der Waals surface area contributed by atoms with Crippen LogP contribution in [0.1, 0.15) is 17.0 Å². The van der Waals surface area contributed by atoms with Gasteiger partial charge in [0.1, 0.15) is 11.6 Å². The quantitative estimate of drug-likeness (QED) is 0.572. The number of hydrogen-bond acceptors (Lipinski definition) is 3. The average Bonchev–Trinajstić information content (AvgIpc) is 3.10. The number of alkyl halides is 3. The number of anilines is 1. The molecule has 0 aliphatic heterocycles. The van der Waals surface area contributed by atoms with Crippen LogP contribution in [0.3, 0.4) is 0 Å². The second kappa shape index (κ2) is 8.25. The Morgan fingerprint density at radius 1 is 1.14 bits per heavy atom. The third kappa shape index (κ3) is 5.04. The summed E-state index contributed by atoms with van der Waals surface area (Å²) in [5.41, 5.74) is -0.309. The van der Waals surface area contributed by atoms with Crippen molar-refractivity contribution in [2.45, 2.75) is 26.2 Å². The molecule has 154 valence electrons. The fourth-order valence-electron chi connectivity index (χ4n) is 2.51. The minimum Gasteiger partial charge on any atom is -0.306 e. The Hall–Kier alpha value is -2.23. The van der Waals surface area contributed by atoms with E-state index in [0.29, 0.717) is 11.6 Å². The van der Waals surface area contributed by atoms with Crippen LogP contribution in [0.5, 0.6) is 0 Å². The molecule has 6 nitrogen and oxygen atoms in total. The van der Waals surface area contributed by atoms with E-state index in [1.807, 2.05) is 12.1 Å². The number of halogens is 6. The van der Waals surface area contributed by atoms with E-state index in [9.17, 15) is 18.0 Å². The summed E-state index contributed by atoms with van der Waals surface area (Å²) in [6.45, 7) is 1.24. The molecule has 1 N–H and O–H groups in total. The van der Waals surface area contributed by atoms with E-state index in [-0.39, 0.29) is 16.5 Å². The Labute approximate surface area is 178 Å². The summed E-state index contributed by atoms with van der Waals surface area (Å²) in [4.78, 5) is 12.2. The molecule has 29 heavy (non-hydrogen) atoms. The van der Waals surface area contributed by atoms with E-state index < -0.39 is 29.3 Å². The molecule has 0 spiro atoms. The van der Waals surface area contributed by atoms with Gasteiger partial charge in [0.25, 0.3) is 0 Å². The van der Waals surface area contributed by atoms with Crippen LogP contribution in [0.15, 0.2) is 30.5 Å². The zero-order chi connectivity index (χ0) is 21.3. The zero-order valence-electron chi connectivity index (χ0n) is 14.8. The van der Waals surface area contributed by atoms with Gasteiger partial charge in [0, 0.05) is 11.2 Å². The van der Waals surface area contributed by atoms with Crippen LogP contribution in [0.25, 0.3) is 0 Å². The normalized spacial score (nSPS) is 11.7. The lowest BCUT2D eigenvalue weighted by atomic mass is 10.2. The number of benzene rings is 1. The van der Waals surface area contributed by atoms with Gasteiger partial charge in [-0.2, -0.15) is 23.4 Å². The largest absolute Gasteiger partial charge is 0.436 e. The number of hydrogen-bond donors (Lipinski definition) is 1. The Balaban J connectivity index is 1.70. The van der Waals surface area contributed by atoms with Gasteiger partial charge in [-0.3, -0.25) is 14.2 Å². The van der Waals surface area contributed by atoms with E-state index in [0.717, 1.165) is 10.2 Å². The molecule has 0 fully saturated rings. The summed E-state index contributed by atoms with van der Waals surface area (Å²) in [7, 11) is 0. The van der Waals surface area contributed by atoms with Crippen LogP contribution in [0.4, 0.5) is 19.0 Å². The van der Waals surface area contributed by atoms with Crippen LogP contribution in [0.2, 0.25) is 15.1 Å². The number of carbonyl (C=O) groups excluding carboxylic acids is 1. The van der Waals surface area contributed by atoms with E-state index in [1.165, 1.54) is 17.8 Å². The molecule has 2 heterocycles. The number of carbonyl (C=O) groups is 1. The summed E-state index contributed by atoms with van der Waals surface area (Å²) in [6, 6.07) is 7.10. The van der Waals surface area contributed by atoms with Crippen molar-refractivity contribution in [3.8, 4) is 0 Å². The van der Waals surface area contributed by atoms with Crippen molar-refractivity contribution in [1.82, 2.24) is 19.6 Å². The maximum atomic E-state index is 12.9. The third-order valence-corrected chi connectivity index (χ3v) is 4.91. The molecule has 0 saturated heterocycles. The van der Waals surface area contributed by atoms with Crippen molar-refractivity contribution < 1.29 is 18.0 Å². The third-order valence-electron chi connectivity index (χ3n) is 3.93. The van der Waals surface area contributed by atoms with E-state index in [2.05, 4.69) is 15.5 Å². The highest BCUT2D eigenvalue weighted by Gasteiger charge is 2.38. The molecule has 12 heteroatoms. The molecule has 1 aromatic carbocycles. The lowest BCUT2D eigenvalue weighted by Gasteiger charge is -2.05. The van der Waals surface area contributed by atoms with Gasteiger partial charge < -0.3 is 5.32 Å². The van der Waals surface area contributed by atoms with E-state index in [4.69, 9.17) is 34.8 Å². The van der Waals surface area contributed by atoms with Crippen molar-refractivity contribution in [3.05, 3.63) is 62.5 Å². The van der Waals surface area contributed by atoms with Crippen LogP contribution in [0, 0.1) is 6.92 Å². The first-order valence-electron chi connectivity index (χ1n) is 8.12. The van der Waals surface area contributed by atoms with Gasteiger partial charge in [0.2, 0.25) is 5.91 Å².